The van der Waals surface area contributed by atoms with Gasteiger partial charge in [0.2, 0.25) is 0 Å². The molecular weight excluding hydrogens is 418 g/mol. The van der Waals surface area contributed by atoms with Gasteiger partial charge >= 0.3 is 5.97 Å². The minimum atomic E-state index is -3.83. The smallest absolute Gasteiger partial charge is 0.341 e. The number of aliphatic carboxylic acids is 1. The molecule has 31 heavy (non-hydrogen) atoms. The highest BCUT2D eigenvalue weighted by Gasteiger charge is 2.16. The highest BCUT2D eigenvalue weighted by Crippen LogP contribution is 2.25. The van der Waals surface area contributed by atoms with Gasteiger partial charge in [-0.05, 0) is 67.1 Å². The molecule has 0 aliphatic rings. The summed E-state index contributed by atoms with van der Waals surface area (Å²) in [5.41, 5.74) is 3.62. The Hall–Kier alpha value is -3.85. The third-order valence-electron chi connectivity index (χ3n) is 4.66. The molecule has 8 nitrogen and oxygen atoms in total. The van der Waals surface area contributed by atoms with Gasteiger partial charge in [-0.15, -0.1) is 0 Å². The molecule has 1 heterocycles. The number of imidazole rings is 1. The lowest BCUT2D eigenvalue weighted by Gasteiger charge is -2.12. The van der Waals surface area contributed by atoms with E-state index in [0.29, 0.717) is 17.0 Å². The number of para-hydroxylation sites is 2. The van der Waals surface area contributed by atoms with Crippen molar-refractivity contribution < 1.29 is 23.1 Å². The average Bonchev–Trinajstić information content (AvgIpc) is 3.17. The van der Waals surface area contributed by atoms with E-state index in [2.05, 4.69) is 9.71 Å². The Kier molecular flexibility index (Phi) is 5.35. The van der Waals surface area contributed by atoms with Crippen molar-refractivity contribution >= 4 is 32.7 Å². The predicted molar refractivity (Wildman–Crippen MR) is 116 cm³/mol. The van der Waals surface area contributed by atoms with Crippen LogP contribution in [-0.4, -0.2) is 35.7 Å². The van der Waals surface area contributed by atoms with Crippen LogP contribution in [0.5, 0.6) is 5.75 Å². The number of rotatable bonds is 7. The summed E-state index contributed by atoms with van der Waals surface area (Å²) in [6, 6.07) is 19.0. The highest BCUT2D eigenvalue weighted by molar-refractivity contribution is 7.92. The third kappa shape index (κ3) is 4.36. The number of aryl methyl sites for hydroxylation is 1. The van der Waals surface area contributed by atoms with Crippen LogP contribution in [0.25, 0.3) is 16.7 Å². The molecule has 0 bridgehead atoms. The van der Waals surface area contributed by atoms with Crippen molar-refractivity contribution in [2.24, 2.45) is 0 Å². The van der Waals surface area contributed by atoms with Crippen LogP contribution in [0.3, 0.4) is 0 Å². The van der Waals surface area contributed by atoms with Crippen molar-refractivity contribution in [3.63, 3.8) is 0 Å². The molecule has 1 aromatic heterocycles. The second-order valence-corrected chi connectivity index (χ2v) is 8.55. The lowest BCUT2D eigenvalue weighted by molar-refractivity contribution is -0.139. The molecule has 0 amide bonds. The van der Waals surface area contributed by atoms with Crippen LogP contribution >= 0.6 is 0 Å². The Morgan fingerprint density at radius 3 is 2.55 bits per heavy atom. The van der Waals surface area contributed by atoms with Gasteiger partial charge in [-0.1, -0.05) is 12.1 Å². The van der Waals surface area contributed by atoms with Crippen LogP contribution in [0, 0.1) is 6.92 Å². The Bertz CT molecular complexity index is 1360. The van der Waals surface area contributed by atoms with Gasteiger partial charge < -0.3 is 9.84 Å². The standard InChI is InChI=1S/C22H19N3O5S/c1-15-12-18(10-11-21(15)30-13-22(26)27)31(28,29)24-16-6-8-17(9-7-16)25-14-23-19-4-2-3-5-20(19)25/h2-12,14,24H,13H2,1H3,(H,26,27). The fraction of sp³-hybridized carbons (Fsp3) is 0.0909. The topological polar surface area (TPSA) is 111 Å². The van der Waals surface area contributed by atoms with Gasteiger partial charge in [0.25, 0.3) is 10.0 Å². The zero-order chi connectivity index (χ0) is 22.0. The van der Waals surface area contributed by atoms with Crippen LogP contribution in [0.4, 0.5) is 5.69 Å². The molecule has 9 heteroatoms. The molecule has 0 saturated carbocycles. The number of nitrogens with zero attached hydrogens (tertiary/aromatic N) is 2. The summed E-state index contributed by atoms with van der Waals surface area (Å²) < 4.78 is 35.1. The largest absolute Gasteiger partial charge is 0.482 e. The summed E-state index contributed by atoms with van der Waals surface area (Å²) in [7, 11) is -3.83. The molecule has 0 atom stereocenters. The zero-order valence-electron chi connectivity index (χ0n) is 16.5. The summed E-state index contributed by atoms with van der Waals surface area (Å²) in [6.07, 6.45) is 1.72. The summed E-state index contributed by atoms with van der Waals surface area (Å²) in [5.74, 6) is -0.789. The lowest BCUT2D eigenvalue weighted by atomic mass is 10.2. The number of hydrogen-bond acceptors (Lipinski definition) is 5. The zero-order valence-corrected chi connectivity index (χ0v) is 17.3. The minimum absolute atomic E-state index is 0.0531. The molecule has 3 aromatic carbocycles. The summed E-state index contributed by atoms with van der Waals surface area (Å²) in [4.78, 5) is 15.1. The van der Waals surface area contributed by atoms with E-state index >= 15 is 0 Å². The number of carboxylic acids is 1. The second-order valence-electron chi connectivity index (χ2n) is 6.87. The number of benzene rings is 3. The SMILES string of the molecule is Cc1cc(S(=O)(=O)Nc2ccc(-n3cnc4ccccc43)cc2)ccc1OCC(=O)O. The van der Waals surface area contributed by atoms with Gasteiger partial charge in [0.05, 0.1) is 15.9 Å². The number of aromatic nitrogens is 2. The number of fused-ring (bicyclic) bond motifs is 1. The Morgan fingerprint density at radius 2 is 1.84 bits per heavy atom. The first-order chi connectivity index (χ1) is 14.8. The number of carbonyl (C=O) groups is 1. The molecule has 4 rings (SSSR count). The Balaban J connectivity index is 1.53. The van der Waals surface area contributed by atoms with Crippen molar-refractivity contribution in [2.45, 2.75) is 11.8 Å². The van der Waals surface area contributed by atoms with Crippen molar-refractivity contribution in [3.05, 3.63) is 78.6 Å². The number of sulfonamides is 1. The normalized spacial score (nSPS) is 11.4. The molecule has 0 radical (unpaired) electrons. The molecule has 0 saturated heterocycles. The van der Waals surface area contributed by atoms with Crippen molar-refractivity contribution in [1.29, 1.82) is 0 Å². The first-order valence-corrected chi connectivity index (χ1v) is 10.8. The quantitative estimate of drug-likeness (QED) is 0.457. The van der Waals surface area contributed by atoms with Crippen molar-refractivity contribution in [2.75, 3.05) is 11.3 Å². The van der Waals surface area contributed by atoms with Gasteiger partial charge in [0.15, 0.2) is 6.61 Å². The van der Waals surface area contributed by atoms with Gasteiger partial charge in [-0.2, -0.15) is 0 Å². The molecule has 0 unspecified atom stereocenters. The van der Waals surface area contributed by atoms with Gasteiger partial charge in [0.1, 0.15) is 12.1 Å². The number of nitrogens with one attached hydrogen (secondary N) is 1. The second kappa shape index (κ2) is 8.11. The average molecular weight is 437 g/mol. The van der Waals surface area contributed by atoms with E-state index in [1.54, 1.807) is 37.5 Å². The molecule has 0 fully saturated rings. The van der Waals surface area contributed by atoms with Crippen molar-refractivity contribution in [3.8, 4) is 11.4 Å². The van der Waals surface area contributed by atoms with E-state index in [1.165, 1.54) is 18.2 Å². The number of hydrogen-bond donors (Lipinski definition) is 2. The Morgan fingerprint density at radius 1 is 1.10 bits per heavy atom. The van der Waals surface area contributed by atoms with Gasteiger partial charge in [0, 0.05) is 11.4 Å². The van der Waals surface area contributed by atoms with Crippen molar-refractivity contribution in [1.82, 2.24) is 9.55 Å². The fourth-order valence-corrected chi connectivity index (χ4v) is 4.30. The van der Waals surface area contributed by atoms with Gasteiger partial charge in [-0.25, -0.2) is 18.2 Å². The number of anilines is 1. The maximum absolute atomic E-state index is 12.8. The molecule has 0 aliphatic heterocycles. The third-order valence-corrected chi connectivity index (χ3v) is 6.04. The van der Waals surface area contributed by atoms with E-state index in [1.807, 2.05) is 28.8 Å². The monoisotopic (exact) mass is 437 g/mol. The van der Waals surface area contributed by atoms with E-state index in [0.717, 1.165) is 16.7 Å². The molecule has 0 aliphatic carbocycles. The summed E-state index contributed by atoms with van der Waals surface area (Å²) in [5, 5.41) is 8.71. The van der Waals surface area contributed by atoms with E-state index in [4.69, 9.17) is 9.84 Å². The first-order valence-electron chi connectivity index (χ1n) is 9.34. The van der Waals surface area contributed by atoms with Crippen LogP contribution < -0.4 is 9.46 Å². The molecule has 158 valence electrons. The predicted octanol–water partition coefficient (Wildman–Crippen LogP) is 3.60. The number of carboxylic acid groups (broad SMARTS) is 1. The lowest BCUT2D eigenvalue weighted by Crippen LogP contribution is -2.14. The molecule has 0 spiro atoms. The molecule has 2 N–H and O–H groups in total. The summed E-state index contributed by atoms with van der Waals surface area (Å²) >= 11 is 0. The first kappa shape index (κ1) is 20.4. The van der Waals surface area contributed by atoms with E-state index < -0.39 is 22.6 Å². The fourth-order valence-electron chi connectivity index (χ4n) is 3.16. The minimum Gasteiger partial charge on any atom is -0.482 e. The van der Waals surface area contributed by atoms with Crippen LogP contribution in [0.15, 0.2) is 78.0 Å². The van der Waals surface area contributed by atoms with Crippen LogP contribution in [0.1, 0.15) is 5.56 Å². The highest BCUT2D eigenvalue weighted by atomic mass is 32.2. The maximum atomic E-state index is 12.8. The maximum Gasteiger partial charge on any atom is 0.341 e. The van der Waals surface area contributed by atoms with Gasteiger partial charge in [-0.3, -0.25) is 9.29 Å². The Labute approximate surface area is 178 Å². The van der Waals surface area contributed by atoms with E-state index in [9.17, 15) is 13.2 Å². The van der Waals surface area contributed by atoms with Crippen LogP contribution in [0.2, 0.25) is 0 Å². The van der Waals surface area contributed by atoms with Crippen LogP contribution in [-0.2, 0) is 14.8 Å². The summed E-state index contributed by atoms with van der Waals surface area (Å²) in [6.45, 7) is 1.16. The van der Waals surface area contributed by atoms with E-state index in [-0.39, 0.29) is 4.90 Å². The molecule has 4 aromatic rings. The molecular formula is C22H19N3O5S. The number of ether oxygens (including phenoxy) is 1.